The largest absolute Gasteiger partial charge is 0.384 e. The van der Waals surface area contributed by atoms with Crippen LogP contribution in [0.15, 0.2) is 64.7 Å². The van der Waals surface area contributed by atoms with Crippen LogP contribution in [0.3, 0.4) is 0 Å². The van der Waals surface area contributed by atoms with Gasteiger partial charge in [-0.3, -0.25) is 9.59 Å². The Morgan fingerprint density at radius 3 is 2.64 bits per heavy atom. The molecule has 1 amide bonds. The number of carbonyl (C=O) groups excluding carboxylic acids is 1. The number of amides is 1. The molecule has 0 fully saturated rings. The Balaban J connectivity index is 1.72. The first-order valence-electron chi connectivity index (χ1n) is 10.5. The number of fused-ring (bicyclic) bond motifs is 2. The zero-order valence-corrected chi connectivity index (χ0v) is 18.9. The van der Waals surface area contributed by atoms with Gasteiger partial charge in [0, 0.05) is 43.4 Å². The third-order valence-corrected chi connectivity index (χ3v) is 7.02. The maximum absolute atomic E-state index is 13.4. The molecule has 1 aromatic heterocycles. The molecule has 0 saturated heterocycles. The van der Waals surface area contributed by atoms with Crippen molar-refractivity contribution in [1.82, 2.24) is 14.8 Å². The first-order valence-corrected chi connectivity index (χ1v) is 12.6. The van der Waals surface area contributed by atoms with E-state index in [4.69, 9.17) is 0 Å². The van der Waals surface area contributed by atoms with Crippen LogP contribution < -0.4 is 10.9 Å². The number of pyridine rings is 1. The van der Waals surface area contributed by atoms with E-state index in [9.17, 15) is 22.4 Å². The molecule has 7 nitrogen and oxygen atoms in total. The van der Waals surface area contributed by atoms with Crippen LogP contribution in [-0.4, -0.2) is 48.4 Å². The van der Waals surface area contributed by atoms with Gasteiger partial charge in [-0.2, -0.15) is 0 Å². The van der Waals surface area contributed by atoms with Gasteiger partial charge in [-0.15, -0.1) is 0 Å². The number of hydrogen-bond donors (Lipinski definition) is 1. The molecule has 1 N–H and O–H groups in total. The number of benzene rings is 1. The van der Waals surface area contributed by atoms with Crippen molar-refractivity contribution in [2.45, 2.75) is 12.5 Å². The summed E-state index contributed by atoms with van der Waals surface area (Å²) in [7, 11) is -1.75. The van der Waals surface area contributed by atoms with E-state index < -0.39 is 15.7 Å². The fourth-order valence-corrected chi connectivity index (χ4v) is 5.55. The smallest absolute Gasteiger partial charge is 0.260 e. The number of nitrogens with zero attached hydrogens (tertiary/aromatic N) is 2. The molecule has 1 aliphatic carbocycles. The average molecular weight is 468 g/mol. The van der Waals surface area contributed by atoms with E-state index in [-0.39, 0.29) is 23.3 Å². The standard InChI is InChI=1S/C24H22FN3O4S/c1-27-10-8-18-16(13-33(2,31)32)11-15-12-28(23(29)14-3-5-17(25)6-4-14)19-7-9-26-22(20(15)19)21(18)24(27)30/h3-6,8,10-12,19,26H,7,9,13H2,1-2H3. The van der Waals surface area contributed by atoms with Crippen LogP contribution in [-0.2, 0) is 16.9 Å². The number of sulfone groups is 1. The number of hydrogen-bond acceptors (Lipinski definition) is 5. The molecule has 1 unspecified atom stereocenters. The number of halogens is 1. The number of nitrogens with one attached hydrogen (secondary N) is 1. The van der Waals surface area contributed by atoms with Crippen molar-refractivity contribution < 1.29 is 17.6 Å². The van der Waals surface area contributed by atoms with Crippen LogP contribution in [0.5, 0.6) is 0 Å². The lowest BCUT2D eigenvalue weighted by atomic mass is 9.92. The van der Waals surface area contributed by atoms with Crippen LogP contribution in [0.25, 0.3) is 11.3 Å². The summed E-state index contributed by atoms with van der Waals surface area (Å²) in [6, 6.07) is 6.81. The predicted molar refractivity (Wildman–Crippen MR) is 123 cm³/mol. The van der Waals surface area contributed by atoms with Gasteiger partial charge in [-0.25, -0.2) is 12.8 Å². The van der Waals surface area contributed by atoms with Crippen molar-refractivity contribution in [1.29, 1.82) is 0 Å². The van der Waals surface area contributed by atoms with Gasteiger partial charge < -0.3 is 14.8 Å². The van der Waals surface area contributed by atoms with Gasteiger partial charge in [-0.1, -0.05) is 0 Å². The summed E-state index contributed by atoms with van der Waals surface area (Å²) < 4.78 is 39.2. The Hall–Kier alpha value is -3.46. The summed E-state index contributed by atoms with van der Waals surface area (Å²) in [6.07, 6.45) is 6.87. The lowest BCUT2D eigenvalue weighted by molar-refractivity contribution is 0.0793. The van der Waals surface area contributed by atoms with E-state index in [0.717, 1.165) is 11.8 Å². The van der Waals surface area contributed by atoms with Crippen molar-refractivity contribution >= 4 is 27.0 Å². The van der Waals surface area contributed by atoms with E-state index in [0.29, 0.717) is 46.5 Å². The van der Waals surface area contributed by atoms with E-state index >= 15 is 0 Å². The molecule has 3 aliphatic rings. The number of allylic oxidation sites excluding steroid dienone is 1. The number of rotatable bonds is 3. The Bertz CT molecular complexity index is 1450. The number of aryl methyl sites for hydroxylation is 1. The van der Waals surface area contributed by atoms with Crippen molar-refractivity contribution in [3.8, 4) is 0 Å². The molecule has 9 heteroatoms. The van der Waals surface area contributed by atoms with Crippen LogP contribution in [0.1, 0.15) is 27.9 Å². The lowest BCUT2D eigenvalue weighted by Gasteiger charge is -2.31. The Kier molecular flexibility index (Phi) is 4.89. The summed E-state index contributed by atoms with van der Waals surface area (Å²) in [4.78, 5) is 28.1. The Morgan fingerprint density at radius 2 is 1.94 bits per heavy atom. The minimum absolute atomic E-state index is 0.234. The summed E-state index contributed by atoms with van der Waals surface area (Å²) in [5.74, 6) is -0.945. The van der Waals surface area contributed by atoms with E-state index in [1.807, 2.05) is 0 Å². The highest BCUT2D eigenvalue weighted by Crippen LogP contribution is 2.42. The SMILES string of the molecule is Cn1ccc2c(c1=O)C1=C3C(=CN(C(=O)c4ccc(F)cc4)C3CCN1)C=C2CS(C)(=O)=O. The van der Waals surface area contributed by atoms with E-state index in [1.165, 1.54) is 28.8 Å². The molecule has 1 atom stereocenters. The van der Waals surface area contributed by atoms with Crippen LogP contribution in [0.4, 0.5) is 4.39 Å². The lowest BCUT2D eigenvalue weighted by Crippen LogP contribution is -2.41. The Morgan fingerprint density at radius 1 is 1.21 bits per heavy atom. The minimum Gasteiger partial charge on any atom is -0.384 e. The second-order valence-electron chi connectivity index (χ2n) is 8.58. The average Bonchev–Trinajstić information content (AvgIpc) is 3.06. The van der Waals surface area contributed by atoms with Gasteiger partial charge in [0.25, 0.3) is 11.5 Å². The highest BCUT2D eigenvalue weighted by molar-refractivity contribution is 7.91. The molecule has 2 aromatic rings. The first kappa shape index (κ1) is 21.4. The third kappa shape index (κ3) is 3.62. The van der Waals surface area contributed by atoms with Crippen molar-refractivity contribution in [2.24, 2.45) is 7.05 Å². The number of carbonyl (C=O) groups is 1. The predicted octanol–water partition coefficient (Wildman–Crippen LogP) is 2.08. The zero-order chi connectivity index (χ0) is 23.5. The maximum Gasteiger partial charge on any atom is 0.260 e. The van der Waals surface area contributed by atoms with Gasteiger partial charge in [0.05, 0.1) is 23.1 Å². The molecule has 2 aliphatic heterocycles. The molecule has 0 saturated carbocycles. The van der Waals surface area contributed by atoms with Crippen LogP contribution >= 0.6 is 0 Å². The zero-order valence-electron chi connectivity index (χ0n) is 18.1. The molecule has 0 radical (unpaired) electrons. The van der Waals surface area contributed by atoms with E-state index in [2.05, 4.69) is 5.32 Å². The van der Waals surface area contributed by atoms with Gasteiger partial charge in [-0.05, 0) is 59.5 Å². The van der Waals surface area contributed by atoms with Gasteiger partial charge in [0.1, 0.15) is 5.82 Å². The highest BCUT2D eigenvalue weighted by atomic mass is 32.2. The number of aromatic nitrogens is 1. The maximum atomic E-state index is 13.4. The normalized spacial score (nSPS) is 19.2. The van der Waals surface area contributed by atoms with Crippen molar-refractivity contribution in [3.63, 3.8) is 0 Å². The van der Waals surface area contributed by atoms with Crippen LogP contribution in [0.2, 0.25) is 0 Å². The Labute approximate surface area is 190 Å². The second-order valence-corrected chi connectivity index (χ2v) is 10.7. The molecule has 1 aromatic carbocycles. The fraction of sp³-hybridized carbons (Fsp3) is 0.250. The van der Waals surface area contributed by atoms with Gasteiger partial charge >= 0.3 is 0 Å². The molecule has 0 spiro atoms. The van der Waals surface area contributed by atoms with Crippen molar-refractivity contribution in [2.75, 3.05) is 18.6 Å². The monoisotopic (exact) mass is 467 g/mol. The first-order chi connectivity index (χ1) is 15.6. The molecule has 0 bridgehead atoms. The minimum atomic E-state index is -3.39. The van der Waals surface area contributed by atoms with Crippen LogP contribution in [0, 0.1) is 5.82 Å². The molecule has 33 heavy (non-hydrogen) atoms. The van der Waals surface area contributed by atoms with Gasteiger partial charge in [0.15, 0.2) is 9.84 Å². The quantitative estimate of drug-likeness (QED) is 0.747. The van der Waals surface area contributed by atoms with Crippen molar-refractivity contribution in [3.05, 3.63) is 92.8 Å². The third-order valence-electron chi connectivity index (χ3n) is 6.18. The summed E-state index contributed by atoms with van der Waals surface area (Å²) >= 11 is 0. The van der Waals surface area contributed by atoms with E-state index in [1.54, 1.807) is 36.5 Å². The fourth-order valence-electron chi connectivity index (χ4n) is 4.75. The topological polar surface area (TPSA) is 88.5 Å². The molecular formula is C24H22FN3O4S. The highest BCUT2D eigenvalue weighted by Gasteiger charge is 2.40. The molecule has 3 heterocycles. The molecule has 170 valence electrons. The summed E-state index contributed by atoms with van der Waals surface area (Å²) in [6.45, 7) is 0.538. The molecular weight excluding hydrogens is 445 g/mol. The van der Waals surface area contributed by atoms with Gasteiger partial charge in [0.2, 0.25) is 0 Å². The summed E-state index contributed by atoms with van der Waals surface area (Å²) in [5, 5.41) is 3.33. The molecule has 5 rings (SSSR count). The summed E-state index contributed by atoms with van der Waals surface area (Å²) in [5.41, 5.74) is 3.71. The second kappa shape index (κ2) is 7.55.